The number of rotatable bonds is 2. The molecule has 0 bridgehead atoms. The maximum atomic E-state index is 11.8. The van der Waals surface area contributed by atoms with E-state index in [-0.39, 0.29) is 5.56 Å². The summed E-state index contributed by atoms with van der Waals surface area (Å²) >= 11 is 0. The highest BCUT2D eigenvalue weighted by Gasteiger charge is 2.10. The number of carboxylic acids is 1. The third-order valence-corrected chi connectivity index (χ3v) is 3.22. The van der Waals surface area contributed by atoms with Crippen molar-refractivity contribution in [2.45, 2.75) is 0 Å². The van der Waals surface area contributed by atoms with Crippen LogP contribution in [0.3, 0.4) is 0 Å². The minimum absolute atomic E-state index is 0.256. The fourth-order valence-electron chi connectivity index (χ4n) is 2.26. The summed E-state index contributed by atoms with van der Waals surface area (Å²) in [4.78, 5) is 25.2. The SMILES string of the molecule is O=C(O)c1ccc(-c2cccc3ccccc23)[nH]c1=O. The van der Waals surface area contributed by atoms with Gasteiger partial charge in [-0.3, -0.25) is 4.79 Å². The second-order valence-corrected chi connectivity index (χ2v) is 4.45. The maximum Gasteiger partial charge on any atom is 0.341 e. The van der Waals surface area contributed by atoms with E-state index >= 15 is 0 Å². The highest BCUT2D eigenvalue weighted by atomic mass is 16.4. The first-order chi connectivity index (χ1) is 9.66. The molecular weight excluding hydrogens is 254 g/mol. The van der Waals surface area contributed by atoms with Crippen LogP contribution in [0.2, 0.25) is 0 Å². The van der Waals surface area contributed by atoms with Crippen LogP contribution >= 0.6 is 0 Å². The molecule has 0 aliphatic carbocycles. The normalized spacial score (nSPS) is 10.6. The molecule has 4 heteroatoms. The van der Waals surface area contributed by atoms with Crippen LogP contribution in [0.25, 0.3) is 22.0 Å². The summed E-state index contributed by atoms with van der Waals surface area (Å²) in [6.45, 7) is 0. The van der Waals surface area contributed by atoms with Crippen LogP contribution in [-0.2, 0) is 0 Å². The molecule has 3 rings (SSSR count). The Morgan fingerprint density at radius 3 is 2.45 bits per heavy atom. The topological polar surface area (TPSA) is 70.2 Å². The van der Waals surface area contributed by atoms with Gasteiger partial charge < -0.3 is 10.1 Å². The number of carbonyl (C=O) groups is 1. The second-order valence-electron chi connectivity index (χ2n) is 4.45. The number of carboxylic acid groups (broad SMARTS) is 1. The minimum atomic E-state index is -1.23. The molecule has 0 aliphatic heterocycles. The van der Waals surface area contributed by atoms with Gasteiger partial charge in [0, 0.05) is 11.3 Å². The van der Waals surface area contributed by atoms with Gasteiger partial charge in [0.2, 0.25) is 0 Å². The fourth-order valence-corrected chi connectivity index (χ4v) is 2.26. The zero-order valence-corrected chi connectivity index (χ0v) is 10.5. The number of H-pyrrole nitrogens is 1. The quantitative estimate of drug-likeness (QED) is 0.748. The van der Waals surface area contributed by atoms with Gasteiger partial charge in [0.1, 0.15) is 5.56 Å². The van der Waals surface area contributed by atoms with Crippen LogP contribution in [0.1, 0.15) is 10.4 Å². The number of pyridine rings is 1. The molecule has 0 saturated heterocycles. The van der Waals surface area contributed by atoms with Crippen molar-refractivity contribution in [1.82, 2.24) is 4.98 Å². The van der Waals surface area contributed by atoms with E-state index in [1.165, 1.54) is 6.07 Å². The van der Waals surface area contributed by atoms with Crippen molar-refractivity contribution < 1.29 is 9.90 Å². The summed E-state index contributed by atoms with van der Waals surface area (Å²) in [6.07, 6.45) is 0. The fraction of sp³-hybridized carbons (Fsp3) is 0. The largest absolute Gasteiger partial charge is 0.477 e. The van der Waals surface area contributed by atoms with Gasteiger partial charge in [-0.25, -0.2) is 4.79 Å². The van der Waals surface area contributed by atoms with Gasteiger partial charge in [-0.2, -0.15) is 0 Å². The number of hydrogen-bond donors (Lipinski definition) is 2. The van der Waals surface area contributed by atoms with Crippen LogP contribution in [-0.4, -0.2) is 16.1 Å². The lowest BCUT2D eigenvalue weighted by Crippen LogP contribution is -2.17. The first kappa shape index (κ1) is 12.2. The summed E-state index contributed by atoms with van der Waals surface area (Å²) in [5, 5.41) is 11.0. The molecule has 0 spiro atoms. The third kappa shape index (κ3) is 1.97. The number of aromatic nitrogens is 1. The Morgan fingerprint density at radius 2 is 1.70 bits per heavy atom. The van der Waals surface area contributed by atoms with Gasteiger partial charge in [-0.15, -0.1) is 0 Å². The lowest BCUT2D eigenvalue weighted by atomic mass is 10.0. The van der Waals surface area contributed by atoms with E-state index in [0.717, 1.165) is 16.3 Å². The molecule has 0 fully saturated rings. The van der Waals surface area contributed by atoms with Crippen LogP contribution < -0.4 is 5.56 Å². The Hall–Kier alpha value is -2.88. The summed E-state index contributed by atoms with van der Waals surface area (Å²) in [7, 11) is 0. The standard InChI is InChI=1S/C16H11NO3/c18-15-13(16(19)20)8-9-14(17-15)12-7-3-5-10-4-1-2-6-11(10)12/h1-9H,(H,17,18)(H,19,20). The van der Waals surface area contributed by atoms with Crippen molar-refractivity contribution in [3.63, 3.8) is 0 Å². The monoisotopic (exact) mass is 265 g/mol. The van der Waals surface area contributed by atoms with E-state index in [0.29, 0.717) is 5.69 Å². The highest BCUT2D eigenvalue weighted by Crippen LogP contribution is 2.26. The molecule has 0 aliphatic rings. The number of fused-ring (bicyclic) bond motifs is 1. The Kier molecular flexibility index (Phi) is 2.84. The van der Waals surface area contributed by atoms with E-state index in [1.807, 2.05) is 42.5 Å². The van der Waals surface area contributed by atoms with Crippen molar-refractivity contribution >= 4 is 16.7 Å². The van der Waals surface area contributed by atoms with Crippen molar-refractivity contribution in [3.05, 3.63) is 70.5 Å². The average Bonchev–Trinajstić information content (AvgIpc) is 2.46. The van der Waals surface area contributed by atoms with Gasteiger partial charge in [0.25, 0.3) is 5.56 Å². The van der Waals surface area contributed by atoms with Crippen LogP contribution in [0.5, 0.6) is 0 Å². The summed E-state index contributed by atoms with van der Waals surface area (Å²) in [6, 6.07) is 16.6. The van der Waals surface area contributed by atoms with Gasteiger partial charge in [0.05, 0.1) is 0 Å². The third-order valence-electron chi connectivity index (χ3n) is 3.22. The Balaban J connectivity index is 2.24. The molecule has 0 amide bonds. The van der Waals surface area contributed by atoms with Crippen LogP contribution in [0, 0.1) is 0 Å². The first-order valence-electron chi connectivity index (χ1n) is 6.11. The molecule has 2 N–H and O–H groups in total. The highest BCUT2D eigenvalue weighted by molar-refractivity contribution is 5.96. The van der Waals surface area contributed by atoms with E-state index in [1.54, 1.807) is 6.07 Å². The Bertz CT molecular complexity index is 859. The molecule has 20 heavy (non-hydrogen) atoms. The molecule has 4 nitrogen and oxygen atoms in total. The molecule has 0 unspecified atom stereocenters. The molecule has 1 aromatic heterocycles. The van der Waals surface area contributed by atoms with Crippen LogP contribution in [0.4, 0.5) is 0 Å². The zero-order chi connectivity index (χ0) is 14.1. The molecule has 2 aromatic carbocycles. The lowest BCUT2D eigenvalue weighted by molar-refractivity contribution is 0.0695. The zero-order valence-electron chi connectivity index (χ0n) is 10.5. The number of hydrogen-bond acceptors (Lipinski definition) is 2. The van der Waals surface area contributed by atoms with Crippen molar-refractivity contribution in [3.8, 4) is 11.3 Å². The van der Waals surface area contributed by atoms with Crippen LogP contribution in [0.15, 0.2) is 59.4 Å². The van der Waals surface area contributed by atoms with Gasteiger partial charge in [-0.05, 0) is 22.9 Å². The van der Waals surface area contributed by atoms with E-state index in [2.05, 4.69) is 4.98 Å². The van der Waals surface area contributed by atoms with E-state index in [4.69, 9.17) is 5.11 Å². The summed E-state index contributed by atoms with van der Waals surface area (Å²) in [5.41, 5.74) is 0.630. The number of aromatic amines is 1. The predicted molar refractivity (Wildman–Crippen MR) is 77.0 cm³/mol. The lowest BCUT2D eigenvalue weighted by Gasteiger charge is -2.06. The van der Waals surface area contributed by atoms with Crippen molar-refractivity contribution in [1.29, 1.82) is 0 Å². The molecule has 0 atom stereocenters. The number of aromatic carboxylic acids is 1. The molecule has 1 heterocycles. The minimum Gasteiger partial charge on any atom is -0.477 e. The smallest absolute Gasteiger partial charge is 0.341 e. The maximum absolute atomic E-state index is 11.8. The second kappa shape index (κ2) is 4.66. The van der Waals surface area contributed by atoms with Crippen molar-refractivity contribution in [2.24, 2.45) is 0 Å². The van der Waals surface area contributed by atoms with Gasteiger partial charge in [0.15, 0.2) is 0 Å². The van der Waals surface area contributed by atoms with E-state index in [9.17, 15) is 9.59 Å². The predicted octanol–water partition coefficient (Wildman–Crippen LogP) is 2.89. The summed E-state index contributed by atoms with van der Waals surface area (Å²) in [5.74, 6) is -1.23. The molecule has 3 aromatic rings. The molecular formula is C16H11NO3. The first-order valence-corrected chi connectivity index (χ1v) is 6.11. The average molecular weight is 265 g/mol. The van der Waals surface area contributed by atoms with Gasteiger partial charge in [-0.1, -0.05) is 42.5 Å². The van der Waals surface area contributed by atoms with Crippen molar-refractivity contribution in [2.75, 3.05) is 0 Å². The number of nitrogens with one attached hydrogen (secondary N) is 1. The molecule has 0 saturated carbocycles. The Labute approximate surface area is 114 Å². The Morgan fingerprint density at radius 1 is 0.950 bits per heavy atom. The molecule has 98 valence electrons. The summed E-state index contributed by atoms with van der Waals surface area (Å²) < 4.78 is 0. The molecule has 0 radical (unpaired) electrons. The van der Waals surface area contributed by atoms with E-state index < -0.39 is 11.5 Å². The number of benzene rings is 2. The van der Waals surface area contributed by atoms with Gasteiger partial charge >= 0.3 is 5.97 Å².